The van der Waals surface area contributed by atoms with Crippen molar-refractivity contribution >= 4 is 22.9 Å². The minimum absolute atomic E-state index is 0.330. The van der Waals surface area contributed by atoms with Crippen molar-refractivity contribution in [2.24, 2.45) is 23.5 Å². The second-order valence-corrected chi connectivity index (χ2v) is 7.67. The van der Waals surface area contributed by atoms with E-state index in [1.165, 1.54) is 37.1 Å². The molecule has 2 aliphatic carbocycles. The average molecular weight is 299 g/mol. The third kappa shape index (κ3) is 2.85. The van der Waals surface area contributed by atoms with Crippen molar-refractivity contribution in [1.29, 1.82) is 0 Å². The van der Waals surface area contributed by atoms with Gasteiger partial charge >= 0.3 is 0 Å². The van der Waals surface area contributed by atoms with E-state index in [0.29, 0.717) is 12.6 Å². The number of likely N-dealkylation sites (N-methyl/N-ethyl adjacent to an activating group) is 1. The highest BCUT2D eigenvalue weighted by Crippen LogP contribution is 2.48. The smallest absolute Gasteiger partial charge is 0.0562 e. The van der Waals surface area contributed by atoms with Crippen LogP contribution in [-0.4, -0.2) is 25.0 Å². The van der Waals surface area contributed by atoms with Crippen LogP contribution < -0.4 is 5.73 Å². The third-order valence-corrected chi connectivity index (χ3v) is 6.46. The summed E-state index contributed by atoms with van der Waals surface area (Å²) in [5.74, 6) is 2.90. The Kier molecular flexibility index (Phi) is 4.18. The van der Waals surface area contributed by atoms with Gasteiger partial charge in [0.2, 0.25) is 0 Å². The predicted molar refractivity (Wildman–Crippen MR) is 82.7 cm³/mol. The molecule has 2 nitrogen and oxygen atoms in total. The van der Waals surface area contributed by atoms with Crippen LogP contribution in [0, 0.1) is 17.8 Å². The van der Waals surface area contributed by atoms with Crippen LogP contribution in [-0.2, 0) is 0 Å². The van der Waals surface area contributed by atoms with E-state index in [1.807, 2.05) is 5.38 Å². The lowest BCUT2D eigenvalue weighted by atomic mass is 9.88. The number of nitrogens with zero attached hydrogens (tertiary/aromatic N) is 1. The van der Waals surface area contributed by atoms with Crippen LogP contribution in [0.2, 0.25) is 5.02 Å². The Balaban J connectivity index is 1.63. The van der Waals surface area contributed by atoms with E-state index in [2.05, 4.69) is 18.0 Å². The molecule has 2 aliphatic rings. The Bertz CT molecular complexity index is 434. The SMILES string of the molecule is CN(CC1CC2CCC1C2)C(CN)c1cc(Cl)cs1. The van der Waals surface area contributed by atoms with Gasteiger partial charge in [-0.3, -0.25) is 4.90 Å². The van der Waals surface area contributed by atoms with Crippen LogP contribution in [0.3, 0.4) is 0 Å². The van der Waals surface area contributed by atoms with Gasteiger partial charge < -0.3 is 5.73 Å². The van der Waals surface area contributed by atoms with Crippen LogP contribution in [0.25, 0.3) is 0 Å². The minimum Gasteiger partial charge on any atom is -0.329 e. The van der Waals surface area contributed by atoms with Gasteiger partial charge in [-0.25, -0.2) is 0 Å². The molecule has 2 bridgehead atoms. The zero-order chi connectivity index (χ0) is 13.4. The van der Waals surface area contributed by atoms with Gasteiger partial charge in [-0.15, -0.1) is 11.3 Å². The first-order chi connectivity index (χ1) is 9.17. The lowest BCUT2D eigenvalue weighted by molar-refractivity contribution is 0.178. The van der Waals surface area contributed by atoms with Gasteiger partial charge in [0.15, 0.2) is 0 Å². The Morgan fingerprint density at radius 2 is 2.32 bits per heavy atom. The van der Waals surface area contributed by atoms with Crippen LogP contribution in [0.15, 0.2) is 11.4 Å². The molecule has 2 N–H and O–H groups in total. The van der Waals surface area contributed by atoms with E-state index < -0.39 is 0 Å². The summed E-state index contributed by atoms with van der Waals surface area (Å²) in [5.41, 5.74) is 5.99. The zero-order valence-corrected chi connectivity index (χ0v) is 13.1. The quantitative estimate of drug-likeness (QED) is 0.896. The van der Waals surface area contributed by atoms with E-state index >= 15 is 0 Å². The summed E-state index contributed by atoms with van der Waals surface area (Å²) in [6.07, 6.45) is 5.86. The lowest BCUT2D eigenvalue weighted by Gasteiger charge is -2.32. The molecular formula is C15H23ClN2S. The summed E-state index contributed by atoms with van der Waals surface area (Å²) in [7, 11) is 2.22. The summed E-state index contributed by atoms with van der Waals surface area (Å²) < 4.78 is 0. The molecule has 0 aliphatic heterocycles. The topological polar surface area (TPSA) is 29.3 Å². The molecule has 2 fully saturated rings. The van der Waals surface area contributed by atoms with Crippen LogP contribution in [0.1, 0.15) is 36.6 Å². The molecule has 106 valence electrons. The fourth-order valence-corrected chi connectivity index (χ4v) is 5.37. The average Bonchev–Trinajstić information content (AvgIpc) is 3.07. The van der Waals surface area contributed by atoms with Crippen molar-refractivity contribution in [3.05, 3.63) is 21.3 Å². The van der Waals surface area contributed by atoms with Crippen molar-refractivity contribution < 1.29 is 0 Å². The fourth-order valence-electron chi connectivity index (χ4n) is 4.11. The van der Waals surface area contributed by atoms with Gasteiger partial charge in [0.05, 0.1) is 11.1 Å². The van der Waals surface area contributed by atoms with E-state index in [9.17, 15) is 0 Å². The van der Waals surface area contributed by atoms with Gasteiger partial charge in [-0.2, -0.15) is 0 Å². The molecular weight excluding hydrogens is 276 g/mol. The van der Waals surface area contributed by atoms with Crippen LogP contribution in [0.4, 0.5) is 0 Å². The molecule has 0 radical (unpaired) electrons. The van der Waals surface area contributed by atoms with Crippen molar-refractivity contribution in [2.45, 2.75) is 31.7 Å². The fraction of sp³-hybridized carbons (Fsp3) is 0.733. The van der Waals surface area contributed by atoms with Gasteiger partial charge in [-0.1, -0.05) is 18.0 Å². The lowest BCUT2D eigenvalue weighted by Crippen LogP contribution is -2.35. The zero-order valence-electron chi connectivity index (χ0n) is 11.5. The highest BCUT2D eigenvalue weighted by Gasteiger charge is 2.40. The summed E-state index contributed by atoms with van der Waals surface area (Å²) >= 11 is 7.77. The maximum absolute atomic E-state index is 6.04. The summed E-state index contributed by atoms with van der Waals surface area (Å²) in [6, 6.07) is 2.40. The maximum atomic E-state index is 6.04. The Morgan fingerprint density at radius 1 is 1.47 bits per heavy atom. The van der Waals surface area contributed by atoms with E-state index in [4.69, 9.17) is 17.3 Å². The first-order valence-electron chi connectivity index (χ1n) is 7.31. The molecule has 0 saturated heterocycles. The van der Waals surface area contributed by atoms with E-state index in [-0.39, 0.29) is 0 Å². The monoisotopic (exact) mass is 298 g/mol. The highest BCUT2D eigenvalue weighted by molar-refractivity contribution is 7.10. The van der Waals surface area contributed by atoms with Gasteiger partial charge in [0, 0.05) is 23.3 Å². The molecule has 1 aromatic rings. The predicted octanol–water partition coefficient (Wildman–Crippen LogP) is 3.77. The number of nitrogens with two attached hydrogens (primary N) is 1. The first kappa shape index (κ1) is 13.9. The molecule has 1 heterocycles. The molecule has 0 aromatic carbocycles. The largest absolute Gasteiger partial charge is 0.329 e. The third-order valence-electron chi connectivity index (χ3n) is 5.08. The Morgan fingerprint density at radius 3 is 2.84 bits per heavy atom. The molecule has 0 spiro atoms. The number of thiophene rings is 1. The second-order valence-electron chi connectivity index (χ2n) is 6.29. The summed E-state index contributed by atoms with van der Waals surface area (Å²) in [6.45, 7) is 1.87. The number of hydrogen-bond acceptors (Lipinski definition) is 3. The summed E-state index contributed by atoms with van der Waals surface area (Å²) in [5, 5.41) is 2.84. The second kappa shape index (κ2) is 5.72. The van der Waals surface area contributed by atoms with E-state index in [1.54, 1.807) is 11.3 Å². The van der Waals surface area contributed by atoms with E-state index in [0.717, 1.165) is 22.8 Å². The maximum Gasteiger partial charge on any atom is 0.0562 e. The molecule has 0 amide bonds. The number of halogens is 1. The van der Waals surface area contributed by atoms with Crippen molar-refractivity contribution in [3.8, 4) is 0 Å². The van der Waals surface area contributed by atoms with Gasteiger partial charge in [0.25, 0.3) is 0 Å². The summed E-state index contributed by atoms with van der Waals surface area (Å²) in [4.78, 5) is 3.76. The molecule has 3 rings (SSSR count). The van der Waals surface area contributed by atoms with Crippen LogP contribution in [0.5, 0.6) is 0 Å². The van der Waals surface area contributed by atoms with Crippen molar-refractivity contribution in [1.82, 2.24) is 4.90 Å². The molecule has 19 heavy (non-hydrogen) atoms. The van der Waals surface area contributed by atoms with Gasteiger partial charge in [0.1, 0.15) is 0 Å². The first-order valence-corrected chi connectivity index (χ1v) is 8.57. The molecule has 4 heteroatoms. The molecule has 4 unspecified atom stereocenters. The molecule has 2 saturated carbocycles. The standard InChI is InChI=1S/C15H23ClN2S/c1-18(8-12-5-10-2-3-11(12)4-10)14(7-17)15-6-13(16)9-19-15/h6,9-12,14H,2-5,7-8,17H2,1H3. The van der Waals surface area contributed by atoms with Crippen LogP contribution >= 0.6 is 22.9 Å². The molecule has 1 aromatic heterocycles. The number of rotatable bonds is 5. The Hall–Kier alpha value is -0.0900. The molecule has 4 atom stereocenters. The number of hydrogen-bond donors (Lipinski definition) is 1. The van der Waals surface area contributed by atoms with Crippen molar-refractivity contribution in [3.63, 3.8) is 0 Å². The normalized spacial score (nSPS) is 31.3. The Labute approximate surface area is 124 Å². The number of fused-ring (bicyclic) bond motifs is 2. The van der Waals surface area contributed by atoms with Gasteiger partial charge in [-0.05, 0) is 50.1 Å². The van der Waals surface area contributed by atoms with Crippen molar-refractivity contribution in [2.75, 3.05) is 20.1 Å². The highest BCUT2D eigenvalue weighted by atomic mass is 35.5. The minimum atomic E-state index is 0.330.